The lowest BCUT2D eigenvalue weighted by molar-refractivity contribution is -0.131. The summed E-state index contributed by atoms with van der Waals surface area (Å²) in [5.41, 5.74) is 1.99. The van der Waals surface area contributed by atoms with Crippen LogP contribution in [0.25, 0.3) is 0 Å². The monoisotopic (exact) mass is 373 g/mol. The second-order valence-electron chi connectivity index (χ2n) is 7.38. The molecule has 0 spiro atoms. The molecule has 2 rings (SSSR count). The molecule has 1 aromatic carbocycles. The van der Waals surface area contributed by atoms with Crippen LogP contribution in [0.2, 0.25) is 0 Å². The zero-order chi connectivity index (χ0) is 19.5. The number of carbonyl (C=O) groups excluding carboxylic acids is 2. The van der Waals surface area contributed by atoms with E-state index in [9.17, 15) is 9.59 Å². The Bertz CT molecular complexity index is 578. The molecule has 0 atom stereocenters. The standard InChI is InChI=1S/C22H35N3O2/c1-3-5-6-7-8-10-22(27)25-17-15-24(16-18-25)20-13-11-19(12-14-20)23-21(26)9-4-2/h11-14H,3-10,15-18H2,1-2H3,(H,23,26). The van der Waals surface area contributed by atoms with Crippen molar-refractivity contribution in [1.82, 2.24) is 4.90 Å². The quantitative estimate of drug-likeness (QED) is 0.617. The second-order valence-corrected chi connectivity index (χ2v) is 7.38. The highest BCUT2D eigenvalue weighted by Crippen LogP contribution is 2.20. The summed E-state index contributed by atoms with van der Waals surface area (Å²) in [4.78, 5) is 28.3. The van der Waals surface area contributed by atoms with Gasteiger partial charge in [0.25, 0.3) is 0 Å². The molecule has 1 aliphatic rings. The fourth-order valence-corrected chi connectivity index (χ4v) is 3.46. The van der Waals surface area contributed by atoms with Gasteiger partial charge in [0.15, 0.2) is 0 Å². The van der Waals surface area contributed by atoms with Crippen LogP contribution in [0.15, 0.2) is 24.3 Å². The predicted octanol–water partition coefficient (Wildman–Crippen LogP) is 4.43. The smallest absolute Gasteiger partial charge is 0.224 e. The first kappa shape index (κ1) is 21.3. The number of piperazine rings is 1. The third kappa shape index (κ3) is 7.24. The van der Waals surface area contributed by atoms with Gasteiger partial charge >= 0.3 is 0 Å². The first-order valence-electron chi connectivity index (χ1n) is 10.6. The van der Waals surface area contributed by atoms with Gasteiger partial charge in [-0.05, 0) is 37.1 Å². The van der Waals surface area contributed by atoms with E-state index in [0.717, 1.165) is 50.4 Å². The Kier molecular flexibility index (Phi) is 9.16. The van der Waals surface area contributed by atoms with E-state index in [4.69, 9.17) is 0 Å². The highest BCUT2D eigenvalue weighted by Gasteiger charge is 2.20. The van der Waals surface area contributed by atoms with Gasteiger partial charge in [-0.3, -0.25) is 9.59 Å². The number of rotatable bonds is 10. The average molecular weight is 374 g/mol. The second kappa shape index (κ2) is 11.6. The molecule has 2 amide bonds. The highest BCUT2D eigenvalue weighted by atomic mass is 16.2. The molecule has 0 radical (unpaired) electrons. The van der Waals surface area contributed by atoms with Gasteiger partial charge in [-0.1, -0.05) is 39.5 Å². The van der Waals surface area contributed by atoms with E-state index in [-0.39, 0.29) is 5.91 Å². The Morgan fingerprint density at radius 2 is 1.52 bits per heavy atom. The van der Waals surface area contributed by atoms with Gasteiger partial charge < -0.3 is 15.1 Å². The van der Waals surface area contributed by atoms with Crippen molar-refractivity contribution >= 4 is 23.2 Å². The minimum absolute atomic E-state index is 0.0621. The fraction of sp³-hybridized carbons (Fsp3) is 0.636. The van der Waals surface area contributed by atoms with Gasteiger partial charge in [-0.2, -0.15) is 0 Å². The van der Waals surface area contributed by atoms with E-state index in [0.29, 0.717) is 18.7 Å². The summed E-state index contributed by atoms with van der Waals surface area (Å²) in [6, 6.07) is 8.01. The van der Waals surface area contributed by atoms with Gasteiger partial charge in [0.2, 0.25) is 11.8 Å². The predicted molar refractivity (Wildman–Crippen MR) is 112 cm³/mol. The van der Waals surface area contributed by atoms with Crippen molar-refractivity contribution < 1.29 is 9.59 Å². The zero-order valence-corrected chi connectivity index (χ0v) is 17.0. The van der Waals surface area contributed by atoms with Gasteiger partial charge in [-0.25, -0.2) is 0 Å². The topological polar surface area (TPSA) is 52.7 Å². The first-order valence-corrected chi connectivity index (χ1v) is 10.6. The van der Waals surface area contributed by atoms with E-state index in [2.05, 4.69) is 17.1 Å². The molecule has 5 nitrogen and oxygen atoms in total. The Morgan fingerprint density at radius 1 is 0.852 bits per heavy atom. The number of nitrogens with one attached hydrogen (secondary N) is 1. The molecule has 27 heavy (non-hydrogen) atoms. The van der Waals surface area contributed by atoms with Crippen LogP contribution >= 0.6 is 0 Å². The Hall–Kier alpha value is -2.04. The van der Waals surface area contributed by atoms with Gasteiger partial charge in [0.1, 0.15) is 0 Å². The molecule has 0 bridgehead atoms. The molecule has 1 heterocycles. The van der Waals surface area contributed by atoms with E-state index in [1.54, 1.807) is 0 Å². The van der Waals surface area contributed by atoms with E-state index in [1.807, 2.05) is 36.1 Å². The van der Waals surface area contributed by atoms with Crippen LogP contribution in [0.3, 0.4) is 0 Å². The third-order valence-corrected chi connectivity index (χ3v) is 5.12. The zero-order valence-electron chi connectivity index (χ0n) is 17.0. The van der Waals surface area contributed by atoms with Crippen LogP contribution in [0.1, 0.15) is 65.2 Å². The number of carbonyl (C=O) groups is 2. The number of amides is 2. The van der Waals surface area contributed by atoms with E-state index >= 15 is 0 Å². The molecule has 0 unspecified atom stereocenters. The lowest BCUT2D eigenvalue weighted by Crippen LogP contribution is -2.48. The van der Waals surface area contributed by atoms with Crippen molar-refractivity contribution in [3.05, 3.63) is 24.3 Å². The number of hydrogen-bond acceptors (Lipinski definition) is 3. The van der Waals surface area contributed by atoms with Crippen molar-refractivity contribution in [2.24, 2.45) is 0 Å². The summed E-state index contributed by atoms with van der Waals surface area (Å²) in [5, 5.41) is 2.92. The summed E-state index contributed by atoms with van der Waals surface area (Å²) in [6.07, 6.45) is 8.03. The van der Waals surface area contributed by atoms with E-state index < -0.39 is 0 Å². The van der Waals surface area contributed by atoms with Crippen molar-refractivity contribution in [3.63, 3.8) is 0 Å². The van der Waals surface area contributed by atoms with Crippen LogP contribution in [0.4, 0.5) is 11.4 Å². The molecule has 1 aliphatic heterocycles. The Labute approximate surface area is 164 Å². The first-order chi connectivity index (χ1) is 13.1. The largest absolute Gasteiger partial charge is 0.368 e. The molecular weight excluding hydrogens is 338 g/mol. The highest BCUT2D eigenvalue weighted by molar-refractivity contribution is 5.90. The Balaban J connectivity index is 1.73. The molecule has 1 N–H and O–H groups in total. The number of anilines is 2. The van der Waals surface area contributed by atoms with Crippen LogP contribution in [0.5, 0.6) is 0 Å². The normalized spacial score (nSPS) is 14.3. The maximum absolute atomic E-state index is 12.3. The lowest BCUT2D eigenvalue weighted by atomic mass is 10.1. The molecular formula is C22H35N3O2. The van der Waals surface area contributed by atoms with Crippen LogP contribution in [0, 0.1) is 0 Å². The Morgan fingerprint density at radius 3 is 2.15 bits per heavy atom. The third-order valence-electron chi connectivity index (χ3n) is 5.12. The maximum Gasteiger partial charge on any atom is 0.224 e. The number of unbranched alkanes of at least 4 members (excludes halogenated alkanes) is 4. The molecule has 5 heteroatoms. The summed E-state index contributed by atoms with van der Waals surface area (Å²) in [6.45, 7) is 7.53. The van der Waals surface area contributed by atoms with Crippen molar-refractivity contribution in [3.8, 4) is 0 Å². The molecule has 0 aliphatic carbocycles. The number of nitrogens with zero attached hydrogens (tertiary/aromatic N) is 2. The van der Waals surface area contributed by atoms with Crippen molar-refractivity contribution in [2.45, 2.75) is 65.2 Å². The molecule has 1 saturated heterocycles. The molecule has 0 aromatic heterocycles. The number of hydrogen-bond donors (Lipinski definition) is 1. The van der Waals surface area contributed by atoms with Gasteiger partial charge in [0.05, 0.1) is 0 Å². The molecule has 1 fully saturated rings. The van der Waals surface area contributed by atoms with Crippen molar-refractivity contribution in [1.29, 1.82) is 0 Å². The summed E-state index contributed by atoms with van der Waals surface area (Å²) < 4.78 is 0. The SMILES string of the molecule is CCCCCCCC(=O)N1CCN(c2ccc(NC(=O)CCC)cc2)CC1. The summed E-state index contributed by atoms with van der Waals surface area (Å²) in [7, 11) is 0. The minimum Gasteiger partial charge on any atom is -0.368 e. The van der Waals surface area contributed by atoms with Crippen LogP contribution < -0.4 is 10.2 Å². The maximum atomic E-state index is 12.3. The van der Waals surface area contributed by atoms with Crippen LogP contribution in [-0.4, -0.2) is 42.9 Å². The number of benzene rings is 1. The van der Waals surface area contributed by atoms with Gasteiger partial charge in [-0.15, -0.1) is 0 Å². The molecule has 150 valence electrons. The van der Waals surface area contributed by atoms with Crippen molar-refractivity contribution in [2.75, 3.05) is 36.4 Å². The molecule has 0 saturated carbocycles. The summed E-state index contributed by atoms with van der Waals surface area (Å²) in [5.74, 6) is 0.368. The van der Waals surface area contributed by atoms with Crippen LogP contribution in [-0.2, 0) is 9.59 Å². The fourth-order valence-electron chi connectivity index (χ4n) is 3.46. The average Bonchev–Trinajstić information content (AvgIpc) is 2.68. The minimum atomic E-state index is 0.0621. The van der Waals surface area contributed by atoms with E-state index in [1.165, 1.54) is 25.7 Å². The molecule has 1 aromatic rings. The summed E-state index contributed by atoms with van der Waals surface area (Å²) >= 11 is 0. The van der Waals surface area contributed by atoms with Gasteiger partial charge in [0, 0.05) is 50.4 Å². The lowest BCUT2D eigenvalue weighted by Gasteiger charge is -2.36.